The molecule has 2 N–H and O–H groups in total. The van der Waals surface area contributed by atoms with Gasteiger partial charge < -0.3 is 15.4 Å². The van der Waals surface area contributed by atoms with Crippen LogP contribution >= 0.6 is 0 Å². The summed E-state index contributed by atoms with van der Waals surface area (Å²) in [5.41, 5.74) is 10.7. The van der Waals surface area contributed by atoms with Crippen LogP contribution in [0.1, 0.15) is 30.0 Å². The molecule has 1 unspecified atom stereocenters. The number of ether oxygens (including phenoxy) is 1. The van der Waals surface area contributed by atoms with Crippen molar-refractivity contribution < 1.29 is 9.53 Å². The van der Waals surface area contributed by atoms with Gasteiger partial charge in [0.2, 0.25) is 5.91 Å². The Hall–Kier alpha value is -1.71. The lowest BCUT2D eigenvalue weighted by Crippen LogP contribution is -2.27. The van der Waals surface area contributed by atoms with E-state index in [1.807, 2.05) is 27.7 Å². The lowest BCUT2D eigenvalue weighted by molar-refractivity contribution is -0.119. The van der Waals surface area contributed by atoms with Gasteiger partial charge in [-0.15, -0.1) is 0 Å². The second-order valence-electron chi connectivity index (χ2n) is 5.05. The van der Waals surface area contributed by atoms with Gasteiger partial charge in [0.25, 0.3) is 0 Å². The zero-order valence-corrected chi connectivity index (χ0v) is 11.6. The number of hydrogen-bond acceptors (Lipinski definition) is 3. The van der Waals surface area contributed by atoms with Crippen LogP contribution in [0.3, 0.4) is 0 Å². The van der Waals surface area contributed by atoms with Crippen LogP contribution in [0.4, 0.5) is 11.4 Å². The van der Waals surface area contributed by atoms with E-state index in [-0.39, 0.29) is 12.0 Å². The van der Waals surface area contributed by atoms with Crippen molar-refractivity contribution in [3.8, 4) is 5.75 Å². The van der Waals surface area contributed by atoms with Crippen LogP contribution in [0.5, 0.6) is 5.75 Å². The van der Waals surface area contributed by atoms with Crippen molar-refractivity contribution in [2.75, 3.05) is 17.7 Å². The number of hydrogen-bond donors (Lipinski definition) is 1. The Balaban J connectivity index is 2.76. The van der Waals surface area contributed by atoms with Gasteiger partial charge in [0, 0.05) is 18.3 Å². The number of nitrogens with two attached hydrogens (primary N) is 1. The number of fused-ring (bicyclic) bond motifs is 1. The molecule has 4 nitrogen and oxygen atoms in total. The summed E-state index contributed by atoms with van der Waals surface area (Å²) in [5, 5.41) is 0. The Labute approximate surface area is 108 Å². The molecule has 0 radical (unpaired) electrons. The maximum Gasteiger partial charge on any atom is 0.230 e. The summed E-state index contributed by atoms with van der Waals surface area (Å²) in [6, 6.07) is 0. The van der Waals surface area contributed by atoms with Crippen molar-refractivity contribution >= 4 is 17.3 Å². The predicted octanol–water partition coefficient (Wildman–Crippen LogP) is 2.33. The highest BCUT2D eigenvalue weighted by Crippen LogP contribution is 2.43. The molecular weight excluding hydrogens is 228 g/mol. The first-order valence-corrected chi connectivity index (χ1v) is 6.17. The standard InChI is InChI=1S/C14H20N2O2/c1-7-6-11(17)16(5)13-9(3)8(2)12(15)10(4)14(13)18-7/h7H,6,15H2,1-5H3. The first kappa shape index (κ1) is 12.7. The molecule has 0 aliphatic carbocycles. The summed E-state index contributed by atoms with van der Waals surface area (Å²) in [5.74, 6) is 0.823. The predicted molar refractivity (Wildman–Crippen MR) is 73.2 cm³/mol. The molecule has 1 heterocycles. The van der Waals surface area contributed by atoms with E-state index in [0.717, 1.165) is 33.8 Å². The summed E-state index contributed by atoms with van der Waals surface area (Å²) in [4.78, 5) is 13.7. The normalized spacial score (nSPS) is 19.3. The van der Waals surface area contributed by atoms with Crippen LogP contribution in [-0.4, -0.2) is 19.1 Å². The molecule has 1 aromatic rings. The molecule has 0 aromatic heterocycles. The van der Waals surface area contributed by atoms with Crippen molar-refractivity contribution in [2.24, 2.45) is 0 Å². The highest BCUT2D eigenvalue weighted by atomic mass is 16.5. The number of anilines is 2. The van der Waals surface area contributed by atoms with E-state index in [2.05, 4.69) is 0 Å². The fraction of sp³-hybridized carbons (Fsp3) is 0.500. The molecule has 1 aliphatic heterocycles. The van der Waals surface area contributed by atoms with E-state index in [1.54, 1.807) is 11.9 Å². The SMILES string of the molecule is Cc1c(C)c2c(c(C)c1N)OC(C)CC(=O)N2C. The van der Waals surface area contributed by atoms with Gasteiger partial charge in [0.05, 0.1) is 12.1 Å². The van der Waals surface area contributed by atoms with E-state index in [1.165, 1.54) is 0 Å². The van der Waals surface area contributed by atoms with Gasteiger partial charge in [-0.05, 0) is 38.8 Å². The van der Waals surface area contributed by atoms with Crippen molar-refractivity contribution in [1.82, 2.24) is 0 Å². The van der Waals surface area contributed by atoms with Crippen LogP contribution in [-0.2, 0) is 4.79 Å². The number of rotatable bonds is 0. The fourth-order valence-corrected chi connectivity index (χ4v) is 2.43. The minimum atomic E-state index is -0.124. The van der Waals surface area contributed by atoms with Gasteiger partial charge in [-0.25, -0.2) is 0 Å². The molecule has 1 amide bonds. The third kappa shape index (κ3) is 1.72. The van der Waals surface area contributed by atoms with Gasteiger partial charge >= 0.3 is 0 Å². The molecule has 0 spiro atoms. The van der Waals surface area contributed by atoms with Gasteiger partial charge in [-0.1, -0.05) is 0 Å². The molecule has 0 saturated heterocycles. The minimum absolute atomic E-state index is 0.0768. The Morgan fingerprint density at radius 3 is 2.44 bits per heavy atom. The molecule has 4 heteroatoms. The van der Waals surface area contributed by atoms with Crippen LogP contribution in [0.2, 0.25) is 0 Å². The Bertz CT molecular complexity index is 523. The van der Waals surface area contributed by atoms with E-state index in [0.29, 0.717) is 6.42 Å². The summed E-state index contributed by atoms with van der Waals surface area (Å²) in [6.07, 6.45) is 0.268. The zero-order chi connectivity index (χ0) is 13.6. The lowest BCUT2D eigenvalue weighted by atomic mass is 9.99. The highest BCUT2D eigenvalue weighted by Gasteiger charge is 2.28. The Morgan fingerprint density at radius 1 is 1.22 bits per heavy atom. The average molecular weight is 248 g/mol. The second-order valence-corrected chi connectivity index (χ2v) is 5.05. The molecular formula is C14H20N2O2. The van der Waals surface area contributed by atoms with Crippen LogP contribution in [0.25, 0.3) is 0 Å². The van der Waals surface area contributed by atoms with E-state index in [4.69, 9.17) is 10.5 Å². The molecule has 1 atom stereocenters. The molecule has 0 bridgehead atoms. The maximum absolute atomic E-state index is 12.1. The summed E-state index contributed by atoms with van der Waals surface area (Å²) < 4.78 is 5.90. The largest absolute Gasteiger partial charge is 0.488 e. The first-order valence-electron chi connectivity index (χ1n) is 6.17. The number of benzene rings is 1. The third-order valence-electron chi connectivity index (χ3n) is 3.77. The molecule has 18 heavy (non-hydrogen) atoms. The number of carbonyl (C=O) groups is 1. The van der Waals surface area contributed by atoms with Crippen LogP contribution < -0.4 is 15.4 Å². The number of nitrogen functional groups attached to an aromatic ring is 1. The van der Waals surface area contributed by atoms with Crippen molar-refractivity contribution in [3.05, 3.63) is 16.7 Å². The summed E-state index contributed by atoms with van der Waals surface area (Å²) in [7, 11) is 1.80. The third-order valence-corrected chi connectivity index (χ3v) is 3.77. The second kappa shape index (κ2) is 4.19. The number of nitrogens with zero attached hydrogens (tertiary/aromatic N) is 1. The monoisotopic (exact) mass is 248 g/mol. The Morgan fingerprint density at radius 2 is 1.83 bits per heavy atom. The van der Waals surface area contributed by atoms with E-state index in [9.17, 15) is 4.79 Å². The van der Waals surface area contributed by atoms with Gasteiger partial charge in [0.1, 0.15) is 11.9 Å². The first-order chi connectivity index (χ1) is 8.34. The van der Waals surface area contributed by atoms with Crippen molar-refractivity contribution in [2.45, 2.75) is 40.2 Å². The molecule has 1 aliphatic rings. The van der Waals surface area contributed by atoms with Gasteiger partial charge in [-0.2, -0.15) is 0 Å². The van der Waals surface area contributed by atoms with E-state index < -0.39 is 0 Å². The Kier molecular flexibility index (Phi) is 2.97. The average Bonchev–Trinajstić information content (AvgIpc) is 2.42. The summed E-state index contributed by atoms with van der Waals surface area (Å²) >= 11 is 0. The lowest BCUT2D eigenvalue weighted by Gasteiger charge is -2.23. The zero-order valence-electron chi connectivity index (χ0n) is 11.6. The topological polar surface area (TPSA) is 55.6 Å². The molecule has 0 saturated carbocycles. The molecule has 98 valence electrons. The maximum atomic E-state index is 12.1. The van der Waals surface area contributed by atoms with Crippen molar-refractivity contribution in [3.63, 3.8) is 0 Å². The summed E-state index contributed by atoms with van der Waals surface area (Å²) in [6.45, 7) is 7.81. The van der Waals surface area contributed by atoms with Crippen LogP contribution in [0.15, 0.2) is 0 Å². The molecule has 1 aromatic carbocycles. The molecule has 2 rings (SSSR count). The smallest absolute Gasteiger partial charge is 0.230 e. The van der Waals surface area contributed by atoms with Crippen LogP contribution in [0, 0.1) is 20.8 Å². The van der Waals surface area contributed by atoms with Gasteiger partial charge in [-0.3, -0.25) is 4.79 Å². The van der Waals surface area contributed by atoms with Crippen molar-refractivity contribution in [1.29, 1.82) is 0 Å². The highest BCUT2D eigenvalue weighted by molar-refractivity contribution is 5.97. The molecule has 0 fully saturated rings. The number of carbonyl (C=O) groups excluding carboxylic acids is 1. The van der Waals surface area contributed by atoms with Gasteiger partial charge in [0.15, 0.2) is 0 Å². The quantitative estimate of drug-likeness (QED) is 0.717. The number of amides is 1. The minimum Gasteiger partial charge on any atom is -0.488 e. The fourth-order valence-electron chi connectivity index (χ4n) is 2.43. The van der Waals surface area contributed by atoms with E-state index >= 15 is 0 Å².